The zero-order valence-corrected chi connectivity index (χ0v) is 11.2. The van der Waals surface area contributed by atoms with Crippen LogP contribution in [0.15, 0.2) is 0 Å². The molecule has 1 saturated carbocycles. The molecule has 1 atom stereocenters. The molecule has 1 nitrogen and oxygen atoms in total. The summed E-state index contributed by atoms with van der Waals surface area (Å²) in [5.74, 6) is 3.50. The molecule has 2 heteroatoms. The summed E-state index contributed by atoms with van der Waals surface area (Å²) < 4.78 is 0. The summed E-state index contributed by atoms with van der Waals surface area (Å²) >= 11 is 2.04. The molecule has 0 amide bonds. The predicted molar refractivity (Wildman–Crippen MR) is 71.7 cm³/mol. The molecule has 1 aliphatic carbocycles. The van der Waals surface area contributed by atoms with Crippen LogP contribution in [0.4, 0.5) is 0 Å². The second-order valence-corrected chi connectivity index (χ2v) is 5.96. The minimum Gasteiger partial charge on any atom is -0.313 e. The fourth-order valence-corrected chi connectivity index (χ4v) is 3.19. The molecule has 0 aliphatic heterocycles. The van der Waals surface area contributed by atoms with Gasteiger partial charge in [-0.1, -0.05) is 33.1 Å². The lowest BCUT2D eigenvalue weighted by atomic mass is 9.83. The number of rotatable bonds is 7. The first-order valence-corrected chi connectivity index (χ1v) is 7.85. The fourth-order valence-electron chi connectivity index (χ4n) is 2.64. The van der Waals surface area contributed by atoms with Crippen molar-refractivity contribution in [3.05, 3.63) is 0 Å². The first-order chi connectivity index (χ1) is 7.38. The lowest BCUT2D eigenvalue weighted by Crippen LogP contribution is -2.38. The lowest BCUT2D eigenvalue weighted by molar-refractivity contribution is 0.266. The van der Waals surface area contributed by atoms with Crippen molar-refractivity contribution >= 4 is 11.8 Å². The van der Waals surface area contributed by atoms with Gasteiger partial charge >= 0.3 is 0 Å². The molecule has 0 heterocycles. The summed E-state index contributed by atoms with van der Waals surface area (Å²) in [6.45, 7) is 5.77. The van der Waals surface area contributed by atoms with Crippen LogP contribution >= 0.6 is 11.8 Å². The largest absolute Gasteiger partial charge is 0.313 e. The van der Waals surface area contributed by atoms with Crippen molar-refractivity contribution < 1.29 is 0 Å². The van der Waals surface area contributed by atoms with Gasteiger partial charge in [0.25, 0.3) is 0 Å². The van der Waals surface area contributed by atoms with Crippen molar-refractivity contribution in [3.8, 4) is 0 Å². The zero-order valence-electron chi connectivity index (χ0n) is 10.4. The van der Waals surface area contributed by atoms with Gasteiger partial charge in [-0.2, -0.15) is 11.8 Å². The van der Waals surface area contributed by atoms with E-state index < -0.39 is 0 Å². The van der Waals surface area contributed by atoms with Crippen molar-refractivity contribution in [3.63, 3.8) is 0 Å². The van der Waals surface area contributed by atoms with E-state index in [1.54, 1.807) is 0 Å². The first kappa shape index (κ1) is 13.4. The summed E-state index contributed by atoms with van der Waals surface area (Å²) in [5.41, 5.74) is 0. The van der Waals surface area contributed by atoms with Gasteiger partial charge in [0.05, 0.1) is 0 Å². The van der Waals surface area contributed by atoms with E-state index in [1.165, 1.54) is 56.6 Å². The number of hydrogen-bond donors (Lipinski definition) is 1. The van der Waals surface area contributed by atoms with Gasteiger partial charge in [-0.3, -0.25) is 0 Å². The van der Waals surface area contributed by atoms with E-state index in [9.17, 15) is 0 Å². The Kier molecular flexibility index (Phi) is 7.54. The molecule has 1 rings (SSSR count). The summed E-state index contributed by atoms with van der Waals surface area (Å²) in [5, 5.41) is 3.75. The Morgan fingerprint density at radius 2 is 1.93 bits per heavy atom. The normalized spacial score (nSPS) is 20.4. The molecule has 1 fully saturated rings. The SMILES string of the molecule is CCSCCNC(CC)C1CCCCC1. The van der Waals surface area contributed by atoms with Crippen molar-refractivity contribution in [2.24, 2.45) is 5.92 Å². The van der Waals surface area contributed by atoms with Crippen LogP contribution in [-0.2, 0) is 0 Å². The second-order valence-electron chi connectivity index (χ2n) is 4.56. The van der Waals surface area contributed by atoms with Crippen molar-refractivity contribution in [1.29, 1.82) is 0 Å². The van der Waals surface area contributed by atoms with Crippen molar-refractivity contribution in [2.75, 3.05) is 18.1 Å². The first-order valence-electron chi connectivity index (χ1n) is 6.69. The van der Waals surface area contributed by atoms with Crippen LogP contribution < -0.4 is 5.32 Å². The average molecular weight is 229 g/mol. The van der Waals surface area contributed by atoms with E-state index >= 15 is 0 Å². The molecule has 0 aromatic rings. The zero-order chi connectivity index (χ0) is 10.9. The lowest BCUT2D eigenvalue weighted by Gasteiger charge is -2.30. The summed E-state index contributed by atoms with van der Waals surface area (Å²) in [6, 6.07) is 0.794. The Morgan fingerprint density at radius 1 is 1.20 bits per heavy atom. The van der Waals surface area contributed by atoms with Crippen LogP contribution in [0.25, 0.3) is 0 Å². The molecule has 0 radical (unpaired) electrons. The van der Waals surface area contributed by atoms with E-state index in [2.05, 4.69) is 19.2 Å². The standard InChI is InChI=1S/C13H27NS/c1-3-13(14-10-11-15-4-2)12-8-6-5-7-9-12/h12-14H,3-11H2,1-2H3. The summed E-state index contributed by atoms with van der Waals surface area (Å²) in [6.07, 6.45) is 8.64. The molecule has 0 aromatic carbocycles. The Hall–Kier alpha value is 0.310. The predicted octanol–water partition coefficient (Wildman–Crippen LogP) is 3.69. The molecule has 1 N–H and O–H groups in total. The van der Waals surface area contributed by atoms with Gasteiger partial charge in [-0.15, -0.1) is 0 Å². The van der Waals surface area contributed by atoms with Gasteiger partial charge in [0.2, 0.25) is 0 Å². The highest BCUT2D eigenvalue weighted by molar-refractivity contribution is 7.99. The molecule has 1 unspecified atom stereocenters. The maximum Gasteiger partial charge on any atom is 0.00930 e. The Bertz CT molecular complexity index is 143. The van der Waals surface area contributed by atoms with Gasteiger partial charge in [0.1, 0.15) is 0 Å². The third-order valence-corrected chi connectivity index (χ3v) is 4.42. The summed E-state index contributed by atoms with van der Waals surface area (Å²) in [4.78, 5) is 0. The molecule has 0 spiro atoms. The molecule has 0 saturated heterocycles. The quantitative estimate of drug-likeness (QED) is 0.668. The molecular formula is C13H27NS. The van der Waals surface area contributed by atoms with Crippen LogP contribution in [0.1, 0.15) is 52.4 Å². The Morgan fingerprint density at radius 3 is 2.53 bits per heavy atom. The van der Waals surface area contributed by atoms with Gasteiger partial charge in [-0.05, 0) is 30.9 Å². The molecule has 0 bridgehead atoms. The van der Waals surface area contributed by atoms with E-state index in [0.29, 0.717) is 0 Å². The van der Waals surface area contributed by atoms with Gasteiger partial charge in [-0.25, -0.2) is 0 Å². The number of nitrogens with one attached hydrogen (secondary N) is 1. The van der Waals surface area contributed by atoms with Crippen LogP contribution in [-0.4, -0.2) is 24.1 Å². The molecule has 0 aromatic heterocycles. The second kappa shape index (κ2) is 8.46. The molecule has 15 heavy (non-hydrogen) atoms. The maximum atomic E-state index is 3.75. The summed E-state index contributed by atoms with van der Waals surface area (Å²) in [7, 11) is 0. The maximum absolute atomic E-state index is 3.75. The Labute approximate surface area is 99.8 Å². The minimum atomic E-state index is 0.794. The average Bonchev–Trinajstić information content (AvgIpc) is 2.30. The number of hydrogen-bond acceptors (Lipinski definition) is 2. The van der Waals surface area contributed by atoms with Crippen LogP contribution in [0, 0.1) is 5.92 Å². The Balaban J connectivity index is 2.15. The fraction of sp³-hybridized carbons (Fsp3) is 1.00. The molecule has 90 valence electrons. The highest BCUT2D eigenvalue weighted by Gasteiger charge is 2.21. The molecular weight excluding hydrogens is 202 g/mol. The highest BCUT2D eigenvalue weighted by atomic mass is 32.2. The van der Waals surface area contributed by atoms with E-state index in [4.69, 9.17) is 0 Å². The van der Waals surface area contributed by atoms with Crippen molar-refractivity contribution in [1.82, 2.24) is 5.32 Å². The van der Waals surface area contributed by atoms with E-state index in [0.717, 1.165) is 12.0 Å². The minimum absolute atomic E-state index is 0.794. The smallest absolute Gasteiger partial charge is 0.00930 e. The highest BCUT2D eigenvalue weighted by Crippen LogP contribution is 2.27. The van der Waals surface area contributed by atoms with Gasteiger partial charge in [0.15, 0.2) is 0 Å². The van der Waals surface area contributed by atoms with Gasteiger partial charge < -0.3 is 5.32 Å². The van der Waals surface area contributed by atoms with Crippen LogP contribution in [0.3, 0.4) is 0 Å². The van der Waals surface area contributed by atoms with Crippen molar-refractivity contribution in [2.45, 2.75) is 58.4 Å². The monoisotopic (exact) mass is 229 g/mol. The topological polar surface area (TPSA) is 12.0 Å². The van der Waals surface area contributed by atoms with Crippen LogP contribution in [0.2, 0.25) is 0 Å². The van der Waals surface area contributed by atoms with Crippen LogP contribution in [0.5, 0.6) is 0 Å². The van der Waals surface area contributed by atoms with E-state index in [-0.39, 0.29) is 0 Å². The molecule has 1 aliphatic rings. The third-order valence-electron chi connectivity index (χ3n) is 3.52. The number of thioether (sulfide) groups is 1. The third kappa shape index (κ3) is 5.26. The van der Waals surface area contributed by atoms with E-state index in [1.807, 2.05) is 11.8 Å². The van der Waals surface area contributed by atoms with Gasteiger partial charge in [0, 0.05) is 18.3 Å².